The summed E-state index contributed by atoms with van der Waals surface area (Å²) >= 11 is 0. The Hall–Kier alpha value is -0.860. The normalized spacial score (nSPS) is 11.5. The Bertz CT molecular complexity index is 188. The zero-order chi connectivity index (χ0) is 9.94. The minimum atomic E-state index is -0.534. The van der Waals surface area contributed by atoms with Gasteiger partial charge < -0.3 is 4.74 Å². The summed E-state index contributed by atoms with van der Waals surface area (Å²) in [6.07, 6.45) is 0. The Morgan fingerprint density at radius 1 is 1.08 bits per heavy atom. The van der Waals surface area contributed by atoms with Crippen LogP contribution in [0.4, 0.5) is 0 Å². The van der Waals surface area contributed by atoms with E-state index in [0.717, 1.165) is 0 Å². The largest absolute Gasteiger partial charge is 0.459 e. The highest BCUT2D eigenvalue weighted by molar-refractivity contribution is 6.11. The molecule has 0 saturated heterocycles. The molecule has 0 bridgehead atoms. The molecule has 0 aromatic heterocycles. The van der Waals surface area contributed by atoms with Crippen molar-refractivity contribution in [2.24, 2.45) is 0 Å². The van der Waals surface area contributed by atoms with Crippen molar-refractivity contribution in [1.29, 1.82) is 0 Å². The summed E-state index contributed by atoms with van der Waals surface area (Å²) in [5.74, 6) is -0.635. The number of carbonyl (C=O) groups excluding carboxylic acids is 2. The molecule has 0 saturated carbocycles. The van der Waals surface area contributed by atoms with Crippen LogP contribution in [0, 0.1) is 5.92 Å². The van der Waals surface area contributed by atoms with Crippen molar-refractivity contribution in [3.05, 3.63) is 5.92 Å². The number of rotatable bonds is 2. The van der Waals surface area contributed by atoms with Crippen molar-refractivity contribution < 1.29 is 14.3 Å². The van der Waals surface area contributed by atoms with E-state index >= 15 is 0 Å². The second-order valence-electron chi connectivity index (χ2n) is 3.68. The van der Waals surface area contributed by atoms with Gasteiger partial charge in [0.1, 0.15) is 17.3 Å². The van der Waals surface area contributed by atoms with Crippen LogP contribution in [-0.4, -0.2) is 17.4 Å². The first kappa shape index (κ1) is 11.1. The zero-order valence-corrected chi connectivity index (χ0v) is 8.22. The van der Waals surface area contributed by atoms with E-state index < -0.39 is 11.6 Å². The molecule has 3 heteroatoms. The van der Waals surface area contributed by atoms with Crippen molar-refractivity contribution in [2.45, 2.75) is 40.2 Å². The van der Waals surface area contributed by atoms with Crippen molar-refractivity contribution in [2.75, 3.05) is 0 Å². The Morgan fingerprint density at radius 2 is 1.50 bits per heavy atom. The highest BCUT2D eigenvalue weighted by atomic mass is 16.6. The molecule has 0 aliphatic heterocycles. The van der Waals surface area contributed by atoms with E-state index in [2.05, 4.69) is 0 Å². The molecule has 0 N–H and O–H groups in total. The Kier molecular flexibility index (Phi) is 3.43. The van der Waals surface area contributed by atoms with Crippen LogP contribution in [0.3, 0.4) is 0 Å². The van der Waals surface area contributed by atoms with Gasteiger partial charge in [0, 0.05) is 0 Å². The second kappa shape index (κ2) is 3.70. The van der Waals surface area contributed by atoms with Crippen molar-refractivity contribution >= 4 is 11.8 Å². The molecule has 0 heterocycles. The maximum absolute atomic E-state index is 11.1. The van der Waals surface area contributed by atoms with Crippen LogP contribution in [0.5, 0.6) is 0 Å². The van der Waals surface area contributed by atoms with E-state index in [-0.39, 0.29) is 11.7 Å². The molecular formula is C9H15O3. The number of hydrogen-bond donors (Lipinski definition) is 0. The van der Waals surface area contributed by atoms with Crippen LogP contribution in [0.1, 0.15) is 34.6 Å². The summed E-state index contributed by atoms with van der Waals surface area (Å²) in [5.41, 5.74) is -0.534. The number of hydrogen-bond acceptors (Lipinski definition) is 3. The van der Waals surface area contributed by atoms with Crippen LogP contribution in [0.25, 0.3) is 0 Å². The minimum Gasteiger partial charge on any atom is -0.459 e. The molecule has 0 spiro atoms. The lowest BCUT2D eigenvalue weighted by Gasteiger charge is -2.20. The quantitative estimate of drug-likeness (QED) is 0.467. The monoisotopic (exact) mass is 171 g/mol. The molecule has 0 fully saturated rings. The first-order valence-corrected chi connectivity index (χ1v) is 3.82. The molecular weight excluding hydrogens is 156 g/mol. The first-order chi connectivity index (χ1) is 5.24. The summed E-state index contributed by atoms with van der Waals surface area (Å²) in [6.45, 7) is 8.10. The van der Waals surface area contributed by atoms with Gasteiger partial charge in [0.15, 0.2) is 0 Å². The van der Waals surface area contributed by atoms with Crippen LogP contribution in [-0.2, 0) is 14.3 Å². The molecule has 0 rings (SSSR count). The fourth-order valence-corrected chi connectivity index (χ4v) is 0.498. The number of esters is 1. The van der Waals surface area contributed by atoms with E-state index in [1.807, 2.05) is 0 Å². The highest BCUT2D eigenvalue weighted by Gasteiger charge is 2.25. The SMILES string of the molecule is C[C](C(C)=O)C(=O)OC(C)(C)C. The third-order valence-corrected chi connectivity index (χ3v) is 1.23. The lowest BCUT2D eigenvalue weighted by molar-refractivity contribution is -0.153. The fourth-order valence-electron chi connectivity index (χ4n) is 0.498. The van der Waals surface area contributed by atoms with E-state index in [9.17, 15) is 9.59 Å². The lowest BCUT2D eigenvalue weighted by atomic mass is 10.1. The van der Waals surface area contributed by atoms with Gasteiger partial charge in [-0.1, -0.05) is 0 Å². The second-order valence-corrected chi connectivity index (χ2v) is 3.68. The average molecular weight is 171 g/mol. The first-order valence-electron chi connectivity index (χ1n) is 3.82. The number of Topliss-reactive ketones (excluding diaryl/α,β-unsaturated/α-hetero) is 1. The summed E-state index contributed by atoms with van der Waals surface area (Å²) in [6, 6.07) is 0. The van der Waals surface area contributed by atoms with E-state index in [1.165, 1.54) is 13.8 Å². The Labute approximate surface area is 73.1 Å². The lowest BCUT2D eigenvalue weighted by Crippen LogP contribution is -2.29. The standard InChI is InChI=1S/C9H15O3/c1-6(7(2)10)8(11)12-9(3,4)5/h1-5H3. The van der Waals surface area contributed by atoms with Gasteiger partial charge in [-0.25, -0.2) is 0 Å². The van der Waals surface area contributed by atoms with Crippen molar-refractivity contribution in [3.8, 4) is 0 Å². The third-order valence-electron chi connectivity index (χ3n) is 1.23. The van der Waals surface area contributed by atoms with Crippen molar-refractivity contribution in [1.82, 2.24) is 0 Å². The van der Waals surface area contributed by atoms with Gasteiger partial charge in [-0.3, -0.25) is 9.59 Å². The van der Waals surface area contributed by atoms with Gasteiger partial charge in [-0.15, -0.1) is 0 Å². The number of ether oxygens (including phenoxy) is 1. The Balaban J connectivity index is 4.15. The van der Waals surface area contributed by atoms with Crippen LogP contribution in [0.2, 0.25) is 0 Å². The van der Waals surface area contributed by atoms with Crippen molar-refractivity contribution in [3.63, 3.8) is 0 Å². The van der Waals surface area contributed by atoms with Crippen LogP contribution in [0.15, 0.2) is 0 Å². The topological polar surface area (TPSA) is 43.4 Å². The van der Waals surface area contributed by atoms with Gasteiger partial charge in [-0.05, 0) is 34.6 Å². The van der Waals surface area contributed by atoms with Gasteiger partial charge in [0.2, 0.25) is 0 Å². The smallest absolute Gasteiger partial charge is 0.321 e. The molecule has 3 nitrogen and oxygen atoms in total. The molecule has 0 atom stereocenters. The van der Waals surface area contributed by atoms with E-state index in [1.54, 1.807) is 20.8 Å². The summed E-state index contributed by atoms with van der Waals surface area (Å²) in [4.78, 5) is 21.9. The van der Waals surface area contributed by atoms with Gasteiger partial charge in [0.05, 0.1) is 0 Å². The molecule has 0 aliphatic carbocycles. The maximum Gasteiger partial charge on any atom is 0.321 e. The van der Waals surface area contributed by atoms with E-state index in [4.69, 9.17) is 4.74 Å². The minimum absolute atomic E-state index is 0.143. The maximum atomic E-state index is 11.1. The predicted octanol–water partition coefficient (Wildman–Crippen LogP) is 1.51. The van der Waals surface area contributed by atoms with Crippen LogP contribution < -0.4 is 0 Å². The molecule has 1 radical (unpaired) electrons. The molecule has 0 aromatic carbocycles. The number of ketones is 1. The fraction of sp³-hybridized carbons (Fsp3) is 0.667. The summed E-state index contributed by atoms with van der Waals surface area (Å²) in [5, 5.41) is 0. The summed E-state index contributed by atoms with van der Waals surface area (Å²) < 4.78 is 4.96. The van der Waals surface area contributed by atoms with E-state index in [0.29, 0.717) is 0 Å². The Morgan fingerprint density at radius 3 is 1.75 bits per heavy atom. The van der Waals surface area contributed by atoms with Gasteiger partial charge in [-0.2, -0.15) is 0 Å². The van der Waals surface area contributed by atoms with Gasteiger partial charge in [0.25, 0.3) is 0 Å². The van der Waals surface area contributed by atoms with Crippen LogP contribution >= 0.6 is 0 Å². The molecule has 0 unspecified atom stereocenters. The highest BCUT2D eigenvalue weighted by Crippen LogP contribution is 2.12. The average Bonchev–Trinajstić information content (AvgIpc) is 1.82. The zero-order valence-electron chi connectivity index (χ0n) is 8.22. The molecule has 69 valence electrons. The molecule has 0 amide bonds. The molecule has 12 heavy (non-hydrogen) atoms. The summed E-state index contributed by atoms with van der Waals surface area (Å²) in [7, 11) is 0. The molecule has 0 aliphatic rings. The predicted molar refractivity (Wildman–Crippen MR) is 45.4 cm³/mol. The number of carbonyl (C=O) groups is 2. The van der Waals surface area contributed by atoms with Gasteiger partial charge >= 0.3 is 5.97 Å². The third kappa shape index (κ3) is 4.11. The molecule has 0 aromatic rings.